The fourth-order valence-electron chi connectivity index (χ4n) is 1.97. The zero-order chi connectivity index (χ0) is 14.7. The molecule has 2 aromatic rings. The summed E-state index contributed by atoms with van der Waals surface area (Å²) in [6, 6.07) is 5.40. The first kappa shape index (κ1) is 14.6. The number of nitrogens with one attached hydrogen (secondary N) is 1. The van der Waals surface area contributed by atoms with E-state index in [0.717, 1.165) is 0 Å². The summed E-state index contributed by atoms with van der Waals surface area (Å²) in [6.45, 7) is 3.89. The van der Waals surface area contributed by atoms with Crippen molar-refractivity contribution in [3.63, 3.8) is 0 Å². The number of esters is 2. The molecule has 1 aromatic carbocycles. The van der Waals surface area contributed by atoms with Crippen molar-refractivity contribution in [2.45, 2.75) is 13.8 Å². The van der Waals surface area contributed by atoms with Crippen molar-refractivity contribution in [1.82, 2.24) is 4.98 Å². The third-order valence-electron chi connectivity index (χ3n) is 2.73. The molecule has 0 fully saturated rings. The molecule has 6 heteroatoms. The summed E-state index contributed by atoms with van der Waals surface area (Å²) in [7, 11) is 0. The van der Waals surface area contributed by atoms with Crippen molar-refractivity contribution in [2.75, 3.05) is 13.2 Å². The van der Waals surface area contributed by atoms with Crippen LogP contribution < -0.4 is 0 Å². The van der Waals surface area contributed by atoms with Crippen LogP contribution in [0.2, 0.25) is 0 Å². The van der Waals surface area contributed by atoms with E-state index in [-0.39, 0.29) is 24.5 Å². The largest absolute Gasteiger partial charge is 0.462 e. The predicted molar refractivity (Wildman–Crippen MR) is 77.9 cm³/mol. The van der Waals surface area contributed by atoms with Crippen LogP contribution in [0.3, 0.4) is 0 Å². The average Bonchev–Trinajstić information content (AvgIpc) is 2.80. The molecular formula is C14H14BrNO4. The highest BCUT2D eigenvalue weighted by molar-refractivity contribution is 9.10. The first-order valence-electron chi connectivity index (χ1n) is 6.24. The Kier molecular flexibility index (Phi) is 4.44. The van der Waals surface area contributed by atoms with Gasteiger partial charge in [-0.05, 0) is 26.0 Å². The SMILES string of the molecule is CCOC(=O)c1[nH]c2cccc(Br)c2c1C(=O)OCC. The summed E-state index contributed by atoms with van der Waals surface area (Å²) in [5.41, 5.74) is 0.991. The van der Waals surface area contributed by atoms with Crippen LogP contribution in [0, 0.1) is 0 Å². The molecule has 0 aliphatic carbocycles. The molecule has 1 heterocycles. The van der Waals surface area contributed by atoms with E-state index < -0.39 is 11.9 Å². The van der Waals surface area contributed by atoms with E-state index >= 15 is 0 Å². The Morgan fingerprint density at radius 3 is 2.45 bits per heavy atom. The molecule has 1 aromatic heterocycles. The van der Waals surface area contributed by atoms with E-state index in [1.54, 1.807) is 26.0 Å². The van der Waals surface area contributed by atoms with E-state index in [0.29, 0.717) is 15.4 Å². The highest BCUT2D eigenvalue weighted by Gasteiger charge is 2.26. The summed E-state index contributed by atoms with van der Waals surface area (Å²) >= 11 is 3.39. The van der Waals surface area contributed by atoms with Crippen LogP contribution in [0.4, 0.5) is 0 Å². The normalized spacial score (nSPS) is 10.6. The molecule has 0 spiro atoms. The van der Waals surface area contributed by atoms with E-state index in [9.17, 15) is 9.59 Å². The molecule has 5 nitrogen and oxygen atoms in total. The van der Waals surface area contributed by atoms with Crippen LogP contribution in [0.25, 0.3) is 10.9 Å². The molecule has 0 amide bonds. The number of halogens is 1. The lowest BCUT2D eigenvalue weighted by Gasteiger charge is -2.04. The molecule has 0 unspecified atom stereocenters. The van der Waals surface area contributed by atoms with Gasteiger partial charge in [-0.3, -0.25) is 0 Å². The summed E-state index contributed by atoms with van der Waals surface area (Å²) in [6.07, 6.45) is 0. The van der Waals surface area contributed by atoms with Gasteiger partial charge in [-0.2, -0.15) is 0 Å². The average molecular weight is 340 g/mol. The summed E-state index contributed by atoms with van der Waals surface area (Å²) < 4.78 is 10.7. The Labute approximate surface area is 124 Å². The minimum atomic E-state index is -0.571. The lowest BCUT2D eigenvalue weighted by Crippen LogP contribution is -2.13. The number of rotatable bonds is 4. The molecule has 0 atom stereocenters. The number of hydrogen-bond acceptors (Lipinski definition) is 4. The topological polar surface area (TPSA) is 68.4 Å². The maximum absolute atomic E-state index is 12.1. The zero-order valence-electron chi connectivity index (χ0n) is 11.2. The second-order valence-corrected chi connectivity index (χ2v) is 4.83. The second kappa shape index (κ2) is 6.09. The first-order valence-corrected chi connectivity index (χ1v) is 7.03. The lowest BCUT2D eigenvalue weighted by molar-refractivity contribution is 0.0477. The molecule has 0 saturated heterocycles. The molecule has 2 rings (SSSR count). The smallest absolute Gasteiger partial charge is 0.355 e. The Morgan fingerprint density at radius 1 is 1.15 bits per heavy atom. The third-order valence-corrected chi connectivity index (χ3v) is 3.39. The van der Waals surface area contributed by atoms with Crippen molar-refractivity contribution in [3.8, 4) is 0 Å². The maximum Gasteiger partial charge on any atom is 0.355 e. The van der Waals surface area contributed by atoms with Gasteiger partial charge in [0.25, 0.3) is 0 Å². The minimum absolute atomic E-state index is 0.118. The lowest BCUT2D eigenvalue weighted by atomic mass is 10.1. The maximum atomic E-state index is 12.1. The standard InChI is InChI=1S/C14H14BrNO4/c1-3-19-13(17)11-10-8(15)6-5-7-9(10)16-12(11)14(18)20-4-2/h5-7,16H,3-4H2,1-2H3. The quantitative estimate of drug-likeness (QED) is 0.868. The van der Waals surface area contributed by atoms with Gasteiger partial charge in [0.15, 0.2) is 0 Å². The van der Waals surface area contributed by atoms with E-state index in [1.165, 1.54) is 0 Å². The van der Waals surface area contributed by atoms with Gasteiger partial charge in [0, 0.05) is 15.4 Å². The first-order chi connectivity index (χ1) is 9.60. The van der Waals surface area contributed by atoms with Gasteiger partial charge in [-0.25, -0.2) is 9.59 Å². The number of H-pyrrole nitrogens is 1. The number of carbonyl (C=O) groups is 2. The van der Waals surface area contributed by atoms with Crippen molar-refractivity contribution in [1.29, 1.82) is 0 Å². The van der Waals surface area contributed by atoms with Crippen LogP contribution in [-0.4, -0.2) is 30.1 Å². The van der Waals surface area contributed by atoms with Crippen molar-refractivity contribution in [2.24, 2.45) is 0 Å². The van der Waals surface area contributed by atoms with Crippen molar-refractivity contribution in [3.05, 3.63) is 33.9 Å². The summed E-state index contributed by atoms with van der Waals surface area (Å²) in [4.78, 5) is 27.0. The predicted octanol–water partition coefficient (Wildman–Crippen LogP) is 3.28. The van der Waals surface area contributed by atoms with Gasteiger partial charge >= 0.3 is 11.9 Å². The van der Waals surface area contributed by atoms with Crippen molar-refractivity contribution >= 4 is 38.8 Å². The van der Waals surface area contributed by atoms with Crippen molar-refractivity contribution < 1.29 is 19.1 Å². The fraction of sp³-hybridized carbons (Fsp3) is 0.286. The highest BCUT2D eigenvalue weighted by atomic mass is 79.9. The molecule has 0 aliphatic heterocycles. The Hall–Kier alpha value is -1.82. The number of carbonyl (C=O) groups excluding carboxylic acids is 2. The van der Waals surface area contributed by atoms with Gasteiger partial charge in [0.1, 0.15) is 11.3 Å². The molecule has 0 saturated carbocycles. The highest BCUT2D eigenvalue weighted by Crippen LogP contribution is 2.30. The zero-order valence-corrected chi connectivity index (χ0v) is 12.7. The molecule has 1 N–H and O–H groups in total. The number of aromatic nitrogens is 1. The van der Waals surface area contributed by atoms with Gasteiger partial charge in [-0.1, -0.05) is 22.0 Å². The van der Waals surface area contributed by atoms with Gasteiger partial charge in [-0.15, -0.1) is 0 Å². The number of fused-ring (bicyclic) bond motifs is 1. The van der Waals surface area contributed by atoms with Crippen LogP contribution in [0.5, 0.6) is 0 Å². The van der Waals surface area contributed by atoms with Crippen LogP contribution in [0.15, 0.2) is 22.7 Å². The summed E-state index contributed by atoms with van der Waals surface area (Å²) in [5.74, 6) is -1.12. The fourth-order valence-corrected chi connectivity index (χ4v) is 2.53. The Morgan fingerprint density at radius 2 is 1.80 bits per heavy atom. The van der Waals surface area contributed by atoms with Gasteiger partial charge in [0.2, 0.25) is 0 Å². The number of hydrogen-bond donors (Lipinski definition) is 1. The molecular weight excluding hydrogens is 326 g/mol. The molecule has 106 valence electrons. The van der Waals surface area contributed by atoms with Gasteiger partial charge < -0.3 is 14.5 Å². The Bertz CT molecular complexity index is 662. The molecule has 0 radical (unpaired) electrons. The number of ether oxygens (including phenoxy) is 2. The summed E-state index contributed by atoms with van der Waals surface area (Å²) in [5, 5.41) is 0.619. The van der Waals surface area contributed by atoms with Crippen LogP contribution in [-0.2, 0) is 9.47 Å². The monoisotopic (exact) mass is 339 g/mol. The molecule has 0 bridgehead atoms. The Balaban J connectivity index is 2.67. The second-order valence-electron chi connectivity index (χ2n) is 3.98. The van der Waals surface area contributed by atoms with Crippen LogP contribution >= 0.6 is 15.9 Å². The number of aromatic amines is 1. The van der Waals surface area contributed by atoms with Gasteiger partial charge in [0.05, 0.1) is 13.2 Å². The van der Waals surface area contributed by atoms with Crippen LogP contribution in [0.1, 0.15) is 34.7 Å². The third kappa shape index (κ3) is 2.56. The number of benzene rings is 1. The molecule has 0 aliphatic rings. The van der Waals surface area contributed by atoms with E-state index in [1.807, 2.05) is 6.07 Å². The van der Waals surface area contributed by atoms with E-state index in [2.05, 4.69) is 20.9 Å². The minimum Gasteiger partial charge on any atom is -0.462 e. The van der Waals surface area contributed by atoms with E-state index in [4.69, 9.17) is 9.47 Å². The molecule has 20 heavy (non-hydrogen) atoms.